The summed E-state index contributed by atoms with van der Waals surface area (Å²) in [5, 5.41) is 18.6. The number of fused-ring (bicyclic) bond motifs is 5. The lowest BCUT2D eigenvalue weighted by molar-refractivity contribution is -0.162. The Morgan fingerprint density at radius 3 is 2.27 bits per heavy atom. The van der Waals surface area contributed by atoms with Gasteiger partial charge in [-0.3, -0.25) is 24.5 Å². The normalized spacial score (nSPS) is 27.6. The van der Waals surface area contributed by atoms with Crippen molar-refractivity contribution in [3.05, 3.63) is 46.5 Å². The van der Waals surface area contributed by atoms with Crippen LogP contribution in [0.4, 0.5) is 10.5 Å². The lowest BCUT2D eigenvalue weighted by Crippen LogP contribution is -2.63. The average molecular weight is 1280 g/mol. The van der Waals surface area contributed by atoms with Crippen LogP contribution in [0.3, 0.4) is 0 Å². The highest BCUT2D eigenvalue weighted by Gasteiger charge is 2.64. The summed E-state index contributed by atoms with van der Waals surface area (Å²) >= 11 is 8.54. The molecule has 19 heteroatoms. The molecule has 2 unspecified atom stereocenters. The summed E-state index contributed by atoms with van der Waals surface area (Å²) in [6.07, 6.45) is 25.3. The quantitative estimate of drug-likeness (QED) is 0.0474. The zero-order chi connectivity index (χ0) is 64.9. The Morgan fingerprint density at radius 1 is 0.944 bits per heavy atom. The van der Waals surface area contributed by atoms with Crippen LogP contribution in [0.1, 0.15) is 221 Å². The number of carbonyl (C=O) groups excluding carboxylic acids is 6. The molecular formula is C70H112ClN5O12S. The molecule has 4 heterocycles. The van der Waals surface area contributed by atoms with Crippen LogP contribution in [0.25, 0.3) is 0 Å². The lowest BCUT2D eigenvalue weighted by atomic mass is 9.71. The van der Waals surface area contributed by atoms with Gasteiger partial charge in [-0.2, -0.15) is 11.8 Å². The number of anilines is 1. The number of likely N-dealkylation sites (N-methyl/N-ethyl adjacent to an activating group) is 1. The molecule has 3 N–H and O–H groups in total. The molecule has 5 amide bonds. The minimum absolute atomic E-state index is 0.0222. The van der Waals surface area contributed by atoms with Gasteiger partial charge >= 0.3 is 12.1 Å². The Hall–Kier alpha value is -4.36. The fraction of sp³-hybridized carbons (Fsp3) is 0.771. The molecule has 4 aliphatic heterocycles. The number of aliphatic hydroxyl groups is 1. The topological polar surface area (TPSA) is 206 Å². The largest absolute Gasteiger partial charge is 0.492 e. The second-order valence-electron chi connectivity index (χ2n) is 27.0. The molecule has 5 aliphatic rings. The lowest BCUT2D eigenvalue weighted by Gasteiger charge is -2.44. The molecule has 0 aromatic heterocycles. The van der Waals surface area contributed by atoms with Gasteiger partial charge in [-0.15, -0.1) is 0 Å². The molecule has 1 aromatic carbocycles. The number of hydrogen-bond donors (Lipinski definition) is 3. The van der Waals surface area contributed by atoms with Crippen molar-refractivity contribution in [1.82, 2.24) is 20.4 Å². The van der Waals surface area contributed by atoms with Crippen molar-refractivity contribution in [3.63, 3.8) is 0 Å². The Morgan fingerprint density at radius 2 is 1.62 bits per heavy atom. The number of benzene rings is 1. The van der Waals surface area contributed by atoms with E-state index in [0.717, 1.165) is 68.9 Å². The van der Waals surface area contributed by atoms with E-state index in [4.69, 9.17) is 35.3 Å². The maximum atomic E-state index is 14.8. The maximum Gasteiger partial charge on any atom is 0.409 e. The van der Waals surface area contributed by atoms with Crippen LogP contribution in [0.2, 0.25) is 5.02 Å². The number of epoxide rings is 1. The molecule has 3 saturated heterocycles. The van der Waals surface area contributed by atoms with E-state index in [0.29, 0.717) is 68.0 Å². The van der Waals surface area contributed by atoms with Crippen molar-refractivity contribution in [3.8, 4) is 5.75 Å². The van der Waals surface area contributed by atoms with E-state index < -0.39 is 65.7 Å². The fourth-order valence-corrected chi connectivity index (χ4v) is 15.1. The van der Waals surface area contributed by atoms with Gasteiger partial charge in [-0.05, 0) is 102 Å². The highest BCUT2D eigenvalue weighted by molar-refractivity contribution is 7.99. The molecule has 0 spiro atoms. The monoisotopic (exact) mass is 1280 g/mol. The number of halogens is 1. The summed E-state index contributed by atoms with van der Waals surface area (Å²) in [6, 6.07) is 2.65. The van der Waals surface area contributed by atoms with E-state index >= 15 is 0 Å². The summed E-state index contributed by atoms with van der Waals surface area (Å²) in [4.78, 5) is 88.6. The maximum absolute atomic E-state index is 14.8. The summed E-state index contributed by atoms with van der Waals surface area (Å²) in [6.45, 7) is 17.4. The molecular weight excluding hydrogens is 1170 g/mol. The Labute approximate surface area is 543 Å². The van der Waals surface area contributed by atoms with Crippen LogP contribution in [0.5, 0.6) is 5.75 Å². The number of rotatable bonds is 25. The number of likely N-dealkylation sites (tertiary alicyclic amines) is 1. The number of unbranched alkanes of at least 4 members (excludes halogenated alkanes) is 3. The summed E-state index contributed by atoms with van der Waals surface area (Å²) in [5.74, 6) is -0.233. The zero-order valence-corrected chi connectivity index (χ0v) is 57.6. The number of nitrogens with one attached hydrogen (secondary N) is 2. The van der Waals surface area contributed by atoms with Crippen LogP contribution in [-0.4, -0.2) is 150 Å². The first-order valence-corrected chi connectivity index (χ1v) is 35.7. The molecule has 1 saturated carbocycles. The van der Waals surface area contributed by atoms with E-state index in [1.807, 2.05) is 37.0 Å². The van der Waals surface area contributed by atoms with Crippen molar-refractivity contribution >= 4 is 64.7 Å². The number of amides is 5. The van der Waals surface area contributed by atoms with Gasteiger partial charge < -0.3 is 48.8 Å². The molecule has 4 fully saturated rings. The standard InChI is InChI=1S/C70H112ClN5O12S/c1-12-15-23-27-48(4)34-40-85-56-44-52-42-49(5)28-26-31-58(84-11)70(83)46-57(86-67(82)73-70)50(6)64-68(8,88-64)59(45-61(78)75(10)55(43-52)63(56)71)87-66(81)51(7)74(9)60(77)35-41-89-47-62(79)76-38-32-53(33-39-76)65(80)72-69(36-14-3,37-16-13-2)54-29-24-21-19-17-18-20-22-25-30-54/h26,28,31,43-44,48,50-51,53-54,57-59,64,83H,12-25,27,29-30,32-42,45-47H2,1-11H3,(H,72,80)(H,73,82)/b31-26+,49-28+/t48?,50-,51-,57+,58-,59+,64+,68+,69?,70+/m1/s1. The minimum Gasteiger partial charge on any atom is -0.492 e. The Bertz CT molecular complexity index is 2530. The number of methoxy groups -OCH3 is 1. The number of ether oxygens (including phenoxy) is 5. The van der Waals surface area contributed by atoms with E-state index in [1.165, 1.54) is 106 Å². The van der Waals surface area contributed by atoms with E-state index in [1.54, 1.807) is 33.0 Å². The number of carbonyl (C=O) groups is 6. The second kappa shape index (κ2) is 35.6. The number of esters is 1. The third-order valence-electron chi connectivity index (χ3n) is 20.1. The summed E-state index contributed by atoms with van der Waals surface area (Å²) in [7, 11) is 4.59. The van der Waals surface area contributed by atoms with Crippen molar-refractivity contribution < 1.29 is 57.6 Å². The number of nitrogens with zero attached hydrogens (tertiary/aromatic N) is 3. The third kappa shape index (κ3) is 20.8. The van der Waals surface area contributed by atoms with Gasteiger partial charge in [0.1, 0.15) is 40.7 Å². The molecule has 17 nitrogen and oxygen atoms in total. The van der Waals surface area contributed by atoms with Gasteiger partial charge in [0.15, 0.2) is 5.72 Å². The smallest absolute Gasteiger partial charge is 0.409 e. The third-order valence-corrected chi connectivity index (χ3v) is 21.4. The summed E-state index contributed by atoms with van der Waals surface area (Å²) < 4.78 is 30.7. The van der Waals surface area contributed by atoms with Gasteiger partial charge in [-0.1, -0.05) is 166 Å². The zero-order valence-electron chi connectivity index (χ0n) is 56.1. The SMILES string of the molecule is CCCCCC(C)CCOc1cc2cc(c1Cl)N(C)C(=O)C[C@H](OC(=O)[C@@H](C)N(C)C(=O)CCSCC(=O)N1CCC(C(=O)NC(CCC)(CCCC)C3CCCCCCCCCC3)CC1)[C@]1(C)O[C@H]1[C@H](C)[C@@H]1C[C@@](O)(NC(=O)O1)[C@H](OC)/C=C/C=C(\C)C2. The van der Waals surface area contributed by atoms with E-state index in [2.05, 4.69) is 38.3 Å². The molecule has 1 aliphatic carbocycles. The van der Waals surface area contributed by atoms with Crippen LogP contribution < -0.4 is 20.3 Å². The number of hydrogen-bond acceptors (Lipinski definition) is 13. The van der Waals surface area contributed by atoms with Gasteiger partial charge in [0.05, 0.1) is 30.6 Å². The highest BCUT2D eigenvalue weighted by atomic mass is 35.5. The second-order valence-corrected chi connectivity index (χ2v) is 28.5. The molecule has 502 valence electrons. The minimum atomic E-state index is -1.87. The van der Waals surface area contributed by atoms with Gasteiger partial charge in [0, 0.05) is 70.3 Å². The van der Waals surface area contributed by atoms with Crippen molar-refractivity contribution in [2.75, 3.05) is 57.3 Å². The Kier molecular flexibility index (Phi) is 29.5. The molecule has 10 atom stereocenters. The predicted molar refractivity (Wildman–Crippen MR) is 354 cm³/mol. The molecule has 6 rings (SSSR count). The molecule has 4 bridgehead atoms. The van der Waals surface area contributed by atoms with Gasteiger partial charge in [-0.25, -0.2) is 9.59 Å². The van der Waals surface area contributed by atoms with Crippen LogP contribution >= 0.6 is 23.4 Å². The van der Waals surface area contributed by atoms with Crippen molar-refractivity contribution in [2.24, 2.45) is 23.7 Å². The fourth-order valence-electron chi connectivity index (χ4n) is 14.0. The van der Waals surface area contributed by atoms with Crippen molar-refractivity contribution in [2.45, 2.75) is 270 Å². The van der Waals surface area contributed by atoms with Crippen LogP contribution in [-0.2, 0) is 49.3 Å². The highest BCUT2D eigenvalue weighted by Crippen LogP contribution is 2.49. The first kappa shape index (κ1) is 73.7. The van der Waals surface area contributed by atoms with Gasteiger partial charge in [0.25, 0.3) is 0 Å². The summed E-state index contributed by atoms with van der Waals surface area (Å²) in [5.41, 5.74) is -1.19. The first-order valence-electron chi connectivity index (χ1n) is 34.1. The number of alkyl carbamates (subject to hydrolysis) is 1. The molecule has 1 aromatic rings. The number of piperidine rings is 1. The van der Waals surface area contributed by atoms with Crippen molar-refractivity contribution in [1.29, 1.82) is 0 Å². The van der Waals surface area contributed by atoms with E-state index in [-0.39, 0.29) is 59.2 Å². The molecule has 89 heavy (non-hydrogen) atoms. The molecule has 0 radical (unpaired) electrons. The number of thioether (sulfide) groups is 1. The number of allylic oxidation sites excluding steroid dienone is 3. The predicted octanol–water partition coefficient (Wildman–Crippen LogP) is 13.2. The Balaban J connectivity index is 1.10. The van der Waals surface area contributed by atoms with Crippen LogP contribution in [0.15, 0.2) is 35.9 Å². The first-order chi connectivity index (χ1) is 42.5. The van der Waals surface area contributed by atoms with Gasteiger partial charge in [0.2, 0.25) is 23.6 Å². The van der Waals surface area contributed by atoms with E-state index in [9.17, 15) is 33.9 Å². The van der Waals surface area contributed by atoms with Crippen LogP contribution in [0, 0.1) is 23.7 Å². The average Bonchev–Trinajstić information content (AvgIpc) is 1.59.